The molecule has 0 radical (unpaired) electrons. The van der Waals surface area contributed by atoms with Crippen molar-refractivity contribution in [2.45, 2.75) is 25.2 Å². The molecule has 7 nitrogen and oxygen atoms in total. The summed E-state index contributed by atoms with van der Waals surface area (Å²) in [6.07, 6.45) is 3.32. The first-order valence-corrected chi connectivity index (χ1v) is 8.33. The molecular weight excluding hydrogens is 306 g/mol. The number of benzene rings is 1. The molecule has 0 bridgehead atoms. The van der Waals surface area contributed by atoms with E-state index in [0.29, 0.717) is 25.7 Å². The van der Waals surface area contributed by atoms with Gasteiger partial charge in [-0.3, -0.25) is 0 Å². The largest absolute Gasteiger partial charge is 0.365 e. The highest BCUT2D eigenvalue weighted by Gasteiger charge is 2.40. The SMILES string of the molecule is c1ccc(CNc2cnnc(N3CCC4(CC3)OCCO4)n2)cc1. The van der Waals surface area contributed by atoms with Gasteiger partial charge in [0.05, 0.1) is 19.4 Å². The Labute approximate surface area is 141 Å². The Balaban J connectivity index is 1.38. The zero-order chi connectivity index (χ0) is 16.2. The Hall–Kier alpha value is -2.25. The van der Waals surface area contributed by atoms with Crippen LogP contribution in [0.15, 0.2) is 36.5 Å². The molecule has 1 aromatic heterocycles. The lowest BCUT2D eigenvalue weighted by molar-refractivity contribution is -0.169. The van der Waals surface area contributed by atoms with Crippen molar-refractivity contribution in [3.8, 4) is 0 Å². The fourth-order valence-electron chi connectivity index (χ4n) is 3.13. The first-order valence-electron chi connectivity index (χ1n) is 8.33. The summed E-state index contributed by atoms with van der Waals surface area (Å²) in [5.74, 6) is 1.01. The summed E-state index contributed by atoms with van der Waals surface area (Å²) in [5, 5.41) is 11.6. The number of nitrogens with zero attached hydrogens (tertiary/aromatic N) is 4. The Kier molecular flexibility index (Phi) is 4.27. The van der Waals surface area contributed by atoms with Crippen LogP contribution in [-0.4, -0.2) is 47.3 Å². The third-order valence-electron chi connectivity index (χ3n) is 4.49. The molecule has 0 amide bonds. The van der Waals surface area contributed by atoms with E-state index in [4.69, 9.17) is 9.47 Å². The minimum atomic E-state index is -0.382. The Bertz CT molecular complexity index is 666. The molecule has 0 saturated carbocycles. The molecule has 1 N–H and O–H groups in total. The number of nitrogens with one attached hydrogen (secondary N) is 1. The van der Waals surface area contributed by atoms with Crippen LogP contribution in [0.4, 0.5) is 11.8 Å². The summed E-state index contributed by atoms with van der Waals surface area (Å²) in [5.41, 5.74) is 1.20. The molecule has 0 atom stereocenters. The number of hydrogen-bond acceptors (Lipinski definition) is 7. The second kappa shape index (κ2) is 6.70. The lowest BCUT2D eigenvalue weighted by atomic mass is 10.0. The topological polar surface area (TPSA) is 72.4 Å². The van der Waals surface area contributed by atoms with E-state index in [0.717, 1.165) is 31.7 Å². The van der Waals surface area contributed by atoms with E-state index in [2.05, 4.69) is 37.5 Å². The first-order chi connectivity index (χ1) is 11.8. The summed E-state index contributed by atoms with van der Waals surface area (Å²) in [4.78, 5) is 6.72. The standard InChI is InChI=1S/C17H21N5O2/c1-2-4-14(5-3-1)12-18-15-13-19-21-16(20-15)22-8-6-17(7-9-22)23-10-11-24-17/h1-5,13H,6-12H2,(H,18,20,21). The summed E-state index contributed by atoms with van der Waals surface area (Å²) in [6, 6.07) is 10.2. The van der Waals surface area contributed by atoms with Gasteiger partial charge in [0.15, 0.2) is 11.6 Å². The minimum absolute atomic E-state index is 0.382. The number of aromatic nitrogens is 3. The van der Waals surface area contributed by atoms with Gasteiger partial charge >= 0.3 is 0 Å². The van der Waals surface area contributed by atoms with Gasteiger partial charge in [-0.25, -0.2) is 0 Å². The predicted octanol–water partition coefficient (Wildman–Crippen LogP) is 1.83. The van der Waals surface area contributed by atoms with Crippen molar-refractivity contribution in [3.05, 3.63) is 42.1 Å². The maximum Gasteiger partial charge on any atom is 0.247 e. The van der Waals surface area contributed by atoms with Gasteiger partial charge in [0, 0.05) is 32.5 Å². The van der Waals surface area contributed by atoms with Crippen molar-refractivity contribution in [2.24, 2.45) is 0 Å². The van der Waals surface area contributed by atoms with E-state index in [1.54, 1.807) is 6.20 Å². The zero-order valence-electron chi connectivity index (χ0n) is 13.5. The summed E-state index contributed by atoms with van der Waals surface area (Å²) in [6.45, 7) is 3.71. The fraction of sp³-hybridized carbons (Fsp3) is 0.471. The molecule has 2 aliphatic rings. The van der Waals surface area contributed by atoms with Crippen LogP contribution in [-0.2, 0) is 16.0 Å². The van der Waals surface area contributed by atoms with Gasteiger partial charge in [0.1, 0.15) is 0 Å². The molecule has 1 aromatic carbocycles. The quantitative estimate of drug-likeness (QED) is 0.918. The highest BCUT2D eigenvalue weighted by atomic mass is 16.7. The molecule has 2 aromatic rings. The lowest BCUT2D eigenvalue weighted by Gasteiger charge is -2.37. The van der Waals surface area contributed by atoms with Crippen LogP contribution in [0.1, 0.15) is 18.4 Å². The van der Waals surface area contributed by atoms with E-state index in [-0.39, 0.29) is 5.79 Å². The summed E-state index contributed by atoms with van der Waals surface area (Å²) in [7, 11) is 0. The van der Waals surface area contributed by atoms with Crippen LogP contribution >= 0.6 is 0 Å². The van der Waals surface area contributed by atoms with Gasteiger partial charge < -0.3 is 19.7 Å². The summed E-state index contributed by atoms with van der Waals surface area (Å²) >= 11 is 0. The van der Waals surface area contributed by atoms with Crippen molar-refractivity contribution >= 4 is 11.8 Å². The smallest absolute Gasteiger partial charge is 0.247 e. The lowest BCUT2D eigenvalue weighted by Crippen LogP contribution is -2.45. The van der Waals surface area contributed by atoms with E-state index in [9.17, 15) is 0 Å². The number of hydrogen-bond donors (Lipinski definition) is 1. The molecule has 3 heterocycles. The number of ether oxygens (including phenoxy) is 2. The van der Waals surface area contributed by atoms with Crippen molar-refractivity contribution < 1.29 is 9.47 Å². The third-order valence-corrected chi connectivity index (χ3v) is 4.49. The van der Waals surface area contributed by atoms with Gasteiger partial charge in [-0.15, -0.1) is 5.10 Å². The van der Waals surface area contributed by atoms with Crippen LogP contribution in [0.25, 0.3) is 0 Å². The molecule has 2 fully saturated rings. The van der Waals surface area contributed by atoms with Gasteiger partial charge in [0.2, 0.25) is 5.95 Å². The minimum Gasteiger partial charge on any atom is -0.365 e. The van der Waals surface area contributed by atoms with Gasteiger partial charge in [-0.1, -0.05) is 30.3 Å². The molecule has 1 spiro atoms. The molecule has 2 aliphatic heterocycles. The molecule has 126 valence electrons. The fourth-order valence-corrected chi connectivity index (χ4v) is 3.13. The monoisotopic (exact) mass is 327 g/mol. The van der Waals surface area contributed by atoms with E-state index < -0.39 is 0 Å². The van der Waals surface area contributed by atoms with Crippen molar-refractivity contribution in [1.82, 2.24) is 15.2 Å². The molecule has 7 heteroatoms. The predicted molar refractivity (Wildman–Crippen MR) is 89.7 cm³/mol. The molecule has 0 aliphatic carbocycles. The van der Waals surface area contributed by atoms with E-state index in [1.165, 1.54) is 5.56 Å². The second-order valence-corrected chi connectivity index (χ2v) is 6.08. The molecular formula is C17H21N5O2. The second-order valence-electron chi connectivity index (χ2n) is 6.08. The Morgan fingerprint density at radius 1 is 1.08 bits per heavy atom. The van der Waals surface area contributed by atoms with Crippen LogP contribution in [0.3, 0.4) is 0 Å². The third kappa shape index (κ3) is 3.32. The van der Waals surface area contributed by atoms with Crippen LogP contribution in [0.2, 0.25) is 0 Å². The Morgan fingerprint density at radius 2 is 1.83 bits per heavy atom. The average Bonchev–Trinajstić information content (AvgIpc) is 3.10. The highest BCUT2D eigenvalue weighted by molar-refractivity contribution is 5.40. The van der Waals surface area contributed by atoms with Crippen LogP contribution < -0.4 is 10.2 Å². The van der Waals surface area contributed by atoms with Crippen molar-refractivity contribution in [3.63, 3.8) is 0 Å². The molecule has 0 unspecified atom stereocenters. The number of rotatable bonds is 4. The van der Waals surface area contributed by atoms with Crippen molar-refractivity contribution in [1.29, 1.82) is 0 Å². The van der Waals surface area contributed by atoms with E-state index in [1.807, 2.05) is 18.2 Å². The molecule has 4 rings (SSSR count). The maximum atomic E-state index is 5.76. The number of anilines is 2. The molecule has 2 saturated heterocycles. The van der Waals surface area contributed by atoms with Gasteiger partial charge in [0.25, 0.3) is 0 Å². The van der Waals surface area contributed by atoms with Crippen molar-refractivity contribution in [2.75, 3.05) is 36.5 Å². The number of piperidine rings is 1. The van der Waals surface area contributed by atoms with Crippen LogP contribution in [0.5, 0.6) is 0 Å². The highest BCUT2D eigenvalue weighted by Crippen LogP contribution is 2.32. The average molecular weight is 327 g/mol. The summed E-state index contributed by atoms with van der Waals surface area (Å²) < 4.78 is 11.5. The first kappa shape index (κ1) is 15.3. The normalized spacial score (nSPS) is 19.6. The van der Waals surface area contributed by atoms with Crippen LogP contribution in [0, 0.1) is 0 Å². The van der Waals surface area contributed by atoms with Gasteiger partial charge in [-0.05, 0) is 5.56 Å². The Morgan fingerprint density at radius 3 is 2.58 bits per heavy atom. The van der Waals surface area contributed by atoms with Gasteiger partial charge in [-0.2, -0.15) is 10.1 Å². The maximum absolute atomic E-state index is 5.76. The zero-order valence-corrected chi connectivity index (χ0v) is 13.5. The van der Waals surface area contributed by atoms with E-state index >= 15 is 0 Å². The molecule has 24 heavy (non-hydrogen) atoms.